The van der Waals surface area contributed by atoms with E-state index >= 15 is 0 Å². The van der Waals surface area contributed by atoms with Gasteiger partial charge in [0.25, 0.3) is 0 Å². The molecule has 0 aliphatic carbocycles. The van der Waals surface area contributed by atoms with Crippen LogP contribution >= 0.6 is 0 Å². The molecule has 1 aliphatic heterocycles. The van der Waals surface area contributed by atoms with E-state index in [-0.39, 0.29) is 23.2 Å². The van der Waals surface area contributed by atoms with Crippen LogP contribution < -0.4 is 29.4 Å². The summed E-state index contributed by atoms with van der Waals surface area (Å²) in [4.78, 5) is 30.1. The average Bonchev–Trinajstić information content (AvgIpc) is 3.57. The van der Waals surface area contributed by atoms with Gasteiger partial charge in [-0.15, -0.1) is 0 Å². The minimum atomic E-state index is -0.463. The molecule has 0 unspecified atom stereocenters. The molecule has 1 aromatic heterocycles. The Kier molecular flexibility index (Phi) is 11.7. The van der Waals surface area contributed by atoms with Crippen LogP contribution in [0.4, 0.5) is 4.79 Å². The number of aromatic nitrogens is 3. The second-order valence-electron chi connectivity index (χ2n) is 13.3. The molecular weight excluding hydrogens is 706 g/mol. The molecule has 0 atom stereocenters. The van der Waals surface area contributed by atoms with Gasteiger partial charge in [0.2, 0.25) is 5.75 Å². The summed E-state index contributed by atoms with van der Waals surface area (Å²) in [6.45, 7) is 6.71. The van der Waals surface area contributed by atoms with E-state index in [0.29, 0.717) is 78.3 Å². The molecule has 288 valence electrons. The van der Waals surface area contributed by atoms with Gasteiger partial charge in [0.15, 0.2) is 28.8 Å². The Morgan fingerprint density at radius 1 is 0.782 bits per heavy atom. The number of amides is 1. The van der Waals surface area contributed by atoms with Crippen LogP contribution in [0.25, 0.3) is 29.2 Å². The molecule has 14 nitrogen and oxygen atoms in total. The topological polar surface area (TPSA) is 161 Å². The normalized spacial score (nSPS) is 13.3. The molecule has 0 saturated carbocycles. The minimum absolute atomic E-state index is 0.0116. The number of rotatable bonds is 12. The van der Waals surface area contributed by atoms with Gasteiger partial charge in [-0.2, -0.15) is 5.10 Å². The van der Waals surface area contributed by atoms with E-state index in [1.54, 1.807) is 44.4 Å². The molecule has 4 aromatic carbocycles. The van der Waals surface area contributed by atoms with Crippen molar-refractivity contribution in [2.24, 2.45) is 0 Å². The van der Waals surface area contributed by atoms with Gasteiger partial charge in [-0.1, -0.05) is 44.2 Å². The van der Waals surface area contributed by atoms with Gasteiger partial charge in [-0.05, 0) is 70.6 Å². The van der Waals surface area contributed by atoms with Crippen LogP contribution in [-0.2, 0) is 6.54 Å². The number of nitrogens with one attached hydrogen (secondary N) is 1. The number of aromatic amines is 1. The number of ether oxygens (including phenoxy) is 5. The summed E-state index contributed by atoms with van der Waals surface area (Å²) < 4.78 is 29.1. The van der Waals surface area contributed by atoms with Gasteiger partial charge < -0.3 is 38.8 Å². The van der Waals surface area contributed by atoms with Crippen LogP contribution in [0, 0.1) is 0 Å². The lowest BCUT2D eigenvalue weighted by Crippen LogP contribution is -2.49. The number of nitrogens with zero attached hydrogens (tertiary/aromatic N) is 4. The van der Waals surface area contributed by atoms with E-state index in [2.05, 4.69) is 15.1 Å². The third-order valence-electron chi connectivity index (χ3n) is 9.45. The highest BCUT2D eigenvalue weighted by atomic mass is 16.6. The van der Waals surface area contributed by atoms with E-state index < -0.39 is 11.8 Å². The maximum absolute atomic E-state index is 13.3. The first kappa shape index (κ1) is 38.3. The second-order valence-corrected chi connectivity index (χ2v) is 13.3. The van der Waals surface area contributed by atoms with Crippen molar-refractivity contribution in [3.63, 3.8) is 0 Å². The Balaban J connectivity index is 1.08. The van der Waals surface area contributed by atoms with Crippen molar-refractivity contribution in [1.82, 2.24) is 24.6 Å². The van der Waals surface area contributed by atoms with Gasteiger partial charge in [-0.3, -0.25) is 4.90 Å². The summed E-state index contributed by atoms with van der Waals surface area (Å²) in [5.41, 5.74) is 3.71. The summed E-state index contributed by atoms with van der Waals surface area (Å²) in [5, 5.41) is 27.6. The third kappa shape index (κ3) is 8.39. The smallest absolute Gasteiger partial charge is 0.415 e. The number of piperazine rings is 1. The summed E-state index contributed by atoms with van der Waals surface area (Å²) in [5.74, 6) is 2.34. The molecule has 0 spiro atoms. The number of methoxy groups -OCH3 is 4. The third-order valence-corrected chi connectivity index (χ3v) is 9.45. The molecular formula is C41H45N5O9. The van der Waals surface area contributed by atoms with E-state index in [9.17, 15) is 19.8 Å². The number of phenolic OH excluding ortho intramolecular Hbond substituents is 2. The van der Waals surface area contributed by atoms with Gasteiger partial charge in [0.05, 0.1) is 39.7 Å². The SMILES string of the molecule is COc1ccc(/C=C\c2cc(OC)c(OC)c(OC)c2)cc1OC(=O)N1CCN(Cc2ccc(-n3c(-c4cc(C(C)C)c(O)cc4O)n[nH]c3=O)cc2)CC1. The van der Waals surface area contributed by atoms with E-state index in [1.807, 2.05) is 68.5 Å². The van der Waals surface area contributed by atoms with Crippen LogP contribution in [0.2, 0.25) is 0 Å². The maximum atomic E-state index is 13.3. The number of carbonyl (C=O) groups excluding carboxylic acids is 1. The fraction of sp³-hybridized carbons (Fsp3) is 0.293. The summed E-state index contributed by atoms with van der Waals surface area (Å²) in [7, 11) is 6.21. The van der Waals surface area contributed by atoms with Crippen molar-refractivity contribution < 1.29 is 38.7 Å². The quantitative estimate of drug-likeness (QED) is 0.123. The maximum Gasteiger partial charge on any atom is 0.415 e. The molecule has 3 N–H and O–H groups in total. The van der Waals surface area contributed by atoms with Gasteiger partial charge in [-0.25, -0.2) is 19.3 Å². The van der Waals surface area contributed by atoms with Crippen molar-refractivity contribution >= 4 is 18.2 Å². The average molecular weight is 752 g/mol. The minimum Gasteiger partial charge on any atom is -0.508 e. The number of hydrogen-bond acceptors (Lipinski definition) is 11. The molecule has 5 aromatic rings. The lowest BCUT2D eigenvalue weighted by molar-refractivity contribution is 0.107. The lowest BCUT2D eigenvalue weighted by atomic mass is 9.98. The molecule has 55 heavy (non-hydrogen) atoms. The Morgan fingerprint density at radius 2 is 1.42 bits per heavy atom. The fourth-order valence-corrected chi connectivity index (χ4v) is 6.48. The Bertz CT molecular complexity index is 2210. The molecule has 6 rings (SSSR count). The highest BCUT2D eigenvalue weighted by Crippen LogP contribution is 2.39. The molecule has 0 bridgehead atoms. The zero-order valence-corrected chi connectivity index (χ0v) is 31.7. The molecule has 1 amide bonds. The number of aromatic hydroxyl groups is 2. The highest BCUT2D eigenvalue weighted by molar-refractivity contribution is 5.76. The number of phenols is 2. The number of hydrogen-bond donors (Lipinski definition) is 3. The molecule has 1 fully saturated rings. The Hall–Kier alpha value is -6.41. The lowest BCUT2D eigenvalue weighted by Gasteiger charge is -2.34. The molecule has 2 heterocycles. The van der Waals surface area contributed by atoms with Crippen LogP contribution in [0.3, 0.4) is 0 Å². The van der Waals surface area contributed by atoms with Crippen molar-refractivity contribution in [3.8, 4) is 57.3 Å². The molecule has 1 saturated heterocycles. The second kappa shape index (κ2) is 16.7. The molecule has 14 heteroatoms. The number of H-pyrrole nitrogens is 1. The monoisotopic (exact) mass is 751 g/mol. The zero-order chi connectivity index (χ0) is 39.2. The van der Waals surface area contributed by atoms with Crippen LogP contribution in [0.5, 0.6) is 40.2 Å². The summed E-state index contributed by atoms with van der Waals surface area (Å²) in [6, 6.07) is 19.5. The first-order valence-corrected chi connectivity index (χ1v) is 17.7. The molecule has 1 aliphatic rings. The highest BCUT2D eigenvalue weighted by Gasteiger charge is 2.25. The van der Waals surface area contributed by atoms with Gasteiger partial charge in [0.1, 0.15) is 11.5 Å². The Morgan fingerprint density at radius 3 is 2.04 bits per heavy atom. The van der Waals surface area contributed by atoms with Crippen LogP contribution in [0.1, 0.15) is 42.0 Å². The van der Waals surface area contributed by atoms with Gasteiger partial charge in [0, 0.05) is 38.8 Å². The standard InChI is InChI=1S/C41H45N5O9/c1-25(2)30-22-31(33(48)23-32(30)47)39-42-43-40(49)46(39)29-12-9-27(10-13-29)24-44-15-17-45(18-16-44)41(50)55-35-19-26(11-14-34(35)51-3)7-8-28-20-36(52-4)38(54-6)37(21-28)53-5/h7-14,19-23,25,47-48H,15-18,24H2,1-6H3,(H,43,49)/b8-7-. The van der Waals surface area contributed by atoms with E-state index in [1.165, 1.54) is 17.7 Å². The van der Waals surface area contributed by atoms with Gasteiger partial charge >= 0.3 is 11.8 Å². The van der Waals surface area contributed by atoms with Crippen molar-refractivity contribution in [2.45, 2.75) is 26.3 Å². The predicted molar refractivity (Wildman–Crippen MR) is 208 cm³/mol. The number of benzene rings is 4. The molecule has 0 radical (unpaired) electrons. The van der Waals surface area contributed by atoms with Crippen LogP contribution in [-0.4, -0.2) is 95.5 Å². The van der Waals surface area contributed by atoms with Crippen molar-refractivity contribution in [2.75, 3.05) is 54.6 Å². The summed E-state index contributed by atoms with van der Waals surface area (Å²) >= 11 is 0. The largest absolute Gasteiger partial charge is 0.508 e. The number of carbonyl (C=O) groups is 1. The van der Waals surface area contributed by atoms with E-state index in [4.69, 9.17) is 23.7 Å². The summed E-state index contributed by atoms with van der Waals surface area (Å²) in [6.07, 6.45) is 3.32. The van der Waals surface area contributed by atoms with E-state index in [0.717, 1.165) is 16.7 Å². The fourth-order valence-electron chi connectivity index (χ4n) is 6.48. The van der Waals surface area contributed by atoms with Crippen LogP contribution in [0.15, 0.2) is 71.5 Å². The van der Waals surface area contributed by atoms with Crippen molar-refractivity contribution in [1.29, 1.82) is 0 Å². The Labute approximate surface area is 318 Å². The first-order chi connectivity index (χ1) is 26.5. The predicted octanol–water partition coefficient (Wildman–Crippen LogP) is 6.28. The first-order valence-electron chi connectivity index (χ1n) is 17.7. The zero-order valence-electron chi connectivity index (χ0n) is 31.7. The van der Waals surface area contributed by atoms with Crippen molar-refractivity contribution in [3.05, 3.63) is 99.5 Å².